The summed E-state index contributed by atoms with van der Waals surface area (Å²) >= 11 is 0. The van der Waals surface area contributed by atoms with Gasteiger partial charge in [-0.2, -0.15) is 5.10 Å². The highest BCUT2D eigenvalue weighted by atomic mass is 16.5. The summed E-state index contributed by atoms with van der Waals surface area (Å²) in [5, 5.41) is 4.26. The number of aromatic nitrogens is 4. The standard InChI is InChI=1S/C17H27N5O/c1-13(2)10-23-11-15-8-22(7-14-5-19-21(4)6-14)9-16-17(15)20(3)12-18-16/h5-6,12-13,15H,7-11H2,1-4H3/t15-/m0/s1. The lowest BCUT2D eigenvalue weighted by molar-refractivity contribution is 0.0769. The second-order valence-corrected chi connectivity index (χ2v) is 7.01. The molecule has 0 aromatic carbocycles. The first-order valence-electron chi connectivity index (χ1n) is 8.30. The van der Waals surface area contributed by atoms with E-state index in [2.05, 4.69) is 46.6 Å². The average molecular weight is 317 g/mol. The van der Waals surface area contributed by atoms with Crippen LogP contribution in [0.5, 0.6) is 0 Å². The molecule has 0 saturated heterocycles. The Balaban J connectivity index is 1.71. The number of hydrogen-bond acceptors (Lipinski definition) is 4. The maximum Gasteiger partial charge on any atom is 0.0949 e. The Kier molecular flexibility index (Phi) is 4.82. The van der Waals surface area contributed by atoms with Gasteiger partial charge in [-0.05, 0) is 5.92 Å². The maximum atomic E-state index is 5.93. The van der Waals surface area contributed by atoms with Gasteiger partial charge >= 0.3 is 0 Å². The molecule has 0 N–H and O–H groups in total. The van der Waals surface area contributed by atoms with Crippen LogP contribution in [0.15, 0.2) is 18.7 Å². The van der Waals surface area contributed by atoms with Gasteiger partial charge in [-0.25, -0.2) is 4.98 Å². The van der Waals surface area contributed by atoms with E-state index in [4.69, 9.17) is 4.74 Å². The molecule has 2 aromatic rings. The van der Waals surface area contributed by atoms with E-state index in [0.717, 1.165) is 32.8 Å². The number of hydrogen-bond donors (Lipinski definition) is 0. The molecule has 0 spiro atoms. The molecule has 0 radical (unpaired) electrons. The molecule has 0 bridgehead atoms. The molecule has 6 heteroatoms. The first-order chi connectivity index (χ1) is 11.0. The monoisotopic (exact) mass is 317 g/mol. The van der Waals surface area contributed by atoms with Crippen molar-refractivity contribution >= 4 is 0 Å². The van der Waals surface area contributed by atoms with Crippen LogP contribution in [0, 0.1) is 5.92 Å². The van der Waals surface area contributed by atoms with Crippen molar-refractivity contribution in [1.82, 2.24) is 24.2 Å². The predicted molar refractivity (Wildman–Crippen MR) is 88.9 cm³/mol. The van der Waals surface area contributed by atoms with Crippen LogP contribution >= 0.6 is 0 Å². The SMILES string of the molecule is CC(C)COC[C@@H]1CN(Cc2cnn(C)c2)Cc2ncn(C)c21. The summed E-state index contributed by atoms with van der Waals surface area (Å²) in [4.78, 5) is 7.03. The van der Waals surface area contributed by atoms with E-state index in [9.17, 15) is 0 Å². The quantitative estimate of drug-likeness (QED) is 0.817. The van der Waals surface area contributed by atoms with E-state index in [0.29, 0.717) is 11.8 Å². The third-order valence-electron chi connectivity index (χ3n) is 4.24. The minimum atomic E-state index is 0.377. The number of imidazole rings is 1. The van der Waals surface area contributed by atoms with Crippen LogP contribution in [0.3, 0.4) is 0 Å². The largest absolute Gasteiger partial charge is 0.380 e. The summed E-state index contributed by atoms with van der Waals surface area (Å²) in [6, 6.07) is 0. The molecule has 6 nitrogen and oxygen atoms in total. The van der Waals surface area contributed by atoms with Gasteiger partial charge in [0, 0.05) is 63.7 Å². The van der Waals surface area contributed by atoms with E-state index in [1.54, 1.807) is 0 Å². The molecule has 0 aliphatic carbocycles. The maximum absolute atomic E-state index is 5.93. The minimum absolute atomic E-state index is 0.377. The van der Waals surface area contributed by atoms with Crippen LogP contribution in [0.1, 0.15) is 36.7 Å². The van der Waals surface area contributed by atoms with Gasteiger partial charge in [-0.1, -0.05) is 13.8 Å². The van der Waals surface area contributed by atoms with E-state index < -0.39 is 0 Å². The second-order valence-electron chi connectivity index (χ2n) is 7.01. The fourth-order valence-electron chi connectivity index (χ4n) is 3.32. The van der Waals surface area contributed by atoms with Gasteiger partial charge in [-0.15, -0.1) is 0 Å². The Morgan fingerprint density at radius 2 is 2.17 bits per heavy atom. The highest BCUT2D eigenvalue weighted by Crippen LogP contribution is 2.28. The van der Waals surface area contributed by atoms with Crippen molar-refractivity contribution in [2.75, 3.05) is 19.8 Å². The number of nitrogens with zero attached hydrogens (tertiary/aromatic N) is 5. The van der Waals surface area contributed by atoms with Crippen LogP contribution < -0.4 is 0 Å². The van der Waals surface area contributed by atoms with E-state index in [1.807, 2.05) is 24.3 Å². The van der Waals surface area contributed by atoms with E-state index >= 15 is 0 Å². The van der Waals surface area contributed by atoms with Crippen molar-refractivity contribution in [2.45, 2.75) is 32.9 Å². The van der Waals surface area contributed by atoms with Crippen LogP contribution in [-0.4, -0.2) is 44.0 Å². The lowest BCUT2D eigenvalue weighted by Gasteiger charge is -2.32. The first-order valence-corrected chi connectivity index (χ1v) is 8.30. The van der Waals surface area contributed by atoms with Crippen molar-refractivity contribution in [3.63, 3.8) is 0 Å². The lowest BCUT2D eigenvalue weighted by Crippen LogP contribution is -2.36. The molecule has 23 heavy (non-hydrogen) atoms. The zero-order valence-corrected chi connectivity index (χ0v) is 14.6. The van der Waals surface area contributed by atoms with Crippen molar-refractivity contribution in [3.05, 3.63) is 35.7 Å². The second kappa shape index (κ2) is 6.84. The fourth-order valence-corrected chi connectivity index (χ4v) is 3.32. The number of rotatable bonds is 6. The summed E-state index contributed by atoms with van der Waals surface area (Å²) in [6.07, 6.45) is 5.95. The summed E-state index contributed by atoms with van der Waals surface area (Å²) in [5.74, 6) is 0.942. The third kappa shape index (κ3) is 3.82. The molecule has 0 saturated carbocycles. The number of fused-ring (bicyclic) bond motifs is 1. The highest BCUT2D eigenvalue weighted by molar-refractivity contribution is 5.22. The highest BCUT2D eigenvalue weighted by Gasteiger charge is 2.29. The molecule has 1 atom stereocenters. The molecule has 1 aliphatic rings. The molecular formula is C17H27N5O. The number of aryl methyl sites for hydroxylation is 2. The van der Waals surface area contributed by atoms with Crippen molar-refractivity contribution in [1.29, 1.82) is 0 Å². The molecule has 3 rings (SSSR count). The van der Waals surface area contributed by atoms with Gasteiger partial charge < -0.3 is 9.30 Å². The van der Waals surface area contributed by atoms with Gasteiger partial charge in [0.25, 0.3) is 0 Å². The molecule has 0 amide bonds. The van der Waals surface area contributed by atoms with Crippen LogP contribution in [0.2, 0.25) is 0 Å². The third-order valence-corrected chi connectivity index (χ3v) is 4.24. The van der Waals surface area contributed by atoms with Crippen LogP contribution in [0.4, 0.5) is 0 Å². The molecule has 2 aromatic heterocycles. The van der Waals surface area contributed by atoms with Crippen LogP contribution in [-0.2, 0) is 31.9 Å². The minimum Gasteiger partial charge on any atom is -0.380 e. The van der Waals surface area contributed by atoms with Gasteiger partial charge in [-0.3, -0.25) is 9.58 Å². The Morgan fingerprint density at radius 1 is 1.35 bits per heavy atom. The number of ether oxygens (including phenoxy) is 1. The Labute approximate surface area is 138 Å². The normalized spacial score (nSPS) is 18.6. The summed E-state index contributed by atoms with van der Waals surface area (Å²) in [7, 11) is 4.04. The van der Waals surface area contributed by atoms with Crippen molar-refractivity contribution < 1.29 is 4.74 Å². The molecule has 3 heterocycles. The predicted octanol–water partition coefficient (Wildman–Crippen LogP) is 1.93. The molecular weight excluding hydrogens is 290 g/mol. The van der Waals surface area contributed by atoms with Gasteiger partial charge in [0.05, 0.1) is 24.8 Å². The zero-order valence-electron chi connectivity index (χ0n) is 14.6. The van der Waals surface area contributed by atoms with E-state index in [-0.39, 0.29) is 0 Å². The van der Waals surface area contributed by atoms with Crippen molar-refractivity contribution in [3.8, 4) is 0 Å². The Bertz CT molecular complexity index is 645. The van der Waals surface area contributed by atoms with Gasteiger partial charge in [0.2, 0.25) is 0 Å². The topological polar surface area (TPSA) is 48.1 Å². The lowest BCUT2D eigenvalue weighted by atomic mass is 9.98. The average Bonchev–Trinajstić information content (AvgIpc) is 3.05. The Hall–Kier alpha value is -1.66. The summed E-state index contributed by atoms with van der Waals surface area (Å²) < 4.78 is 9.94. The molecule has 0 fully saturated rings. The first kappa shape index (κ1) is 16.2. The molecule has 1 aliphatic heterocycles. The van der Waals surface area contributed by atoms with Crippen molar-refractivity contribution in [2.24, 2.45) is 20.0 Å². The van der Waals surface area contributed by atoms with Crippen LogP contribution in [0.25, 0.3) is 0 Å². The summed E-state index contributed by atoms with van der Waals surface area (Å²) in [5.41, 5.74) is 3.76. The molecule has 126 valence electrons. The molecule has 0 unspecified atom stereocenters. The Morgan fingerprint density at radius 3 is 2.87 bits per heavy atom. The fraction of sp³-hybridized carbons (Fsp3) is 0.647. The van der Waals surface area contributed by atoms with Gasteiger partial charge in [0.1, 0.15) is 0 Å². The summed E-state index contributed by atoms with van der Waals surface area (Å²) in [6.45, 7) is 8.74. The van der Waals surface area contributed by atoms with E-state index in [1.165, 1.54) is 17.0 Å². The smallest absolute Gasteiger partial charge is 0.0949 e. The zero-order chi connectivity index (χ0) is 16.4. The van der Waals surface area contributed by atoms with Gasteiger partial charge in [0.15, 0.2) is 0 Å².